The van der Waals surface area contributed by atoms with E-state index in [0.717, 1.165) is 25.1 Å². The Morgan fingerprint density at radius 2 is 2.32 bits per heavy atom. The van der Waals surface area contributed by atoms with E-state index in [4.69, 9.17) is 9.52 Å². The SMILES string of the molecule is CCC(CCO)CNC(C)C(=O)NCc1ccco1. The summed E-state index contributed by atoms with van der Waals surface area (Å²) in [5.74, 6) is 1.10. The summed E-state index contributed by atoms with van der Waals surface area (Å²) in [5, 5.41) is 14.9. The minimum Gasteiger partial charge on any atom is -0.467 e. The number of aliphatic hydroxyl groups excluding tert-OH is 1. The predicted octanol–water partition coefficient (Wildman–Crippen LogP) is 1.28. The molecule has 0 saturated carbocycles. The maximum atomic E-state index is 11.8. The summed E-state index contributed by atoms with van der Waals surface area (Å²) < 4.78 is 5.15. The molecule has 1 aromatic rings. The molecule has 1 amide bonds. The van der Waals surface area contributed by atoms with Gasteiger partial charge in [0.2, 0.25) is 5.91 Å². The third-order valence-electron chi connectivity index (χ3n) is 3.24. The third-order valence-corrected chi connectivity index (χ3v) is 3.24. The van der Waals surface area contributed by atoms with E-state index in [1.807, 2.05) is 13.0 Å². The maximum absolute atomic E-state index is 11.8. The zero-order valence-electron chi connectivity index (χ0n) is 11.7. The van der Waals surface area contributed by atoms with E-state index in [-0.39, 0.29) is 18.6 Å². The largest absolute Gasteiger partial charge is 0.467 e. The minimum absolute atomic E-state index is 0.0461. The van der Waals surface area contributed by atoms with Crippen LogP contribution in [-0.4, -0.2) is 30.2 Å². The van der Waals surface area contributed by atoms with Crippen molar-refractivity contribution in [3.8, 4) is 0 Å². The summed E-state index contributed by atoms with van der Waals surface area (Å²) >= 11 is 0. The first kappa shape index (κ1) is 15.7. The van der Waals surface area contributed by atoms with E-state index in [1.165, 1.54) is 0 Å². The van der Waals surface area contributed by atoms with Crippen LogP contribution in [0.1, 0.15) is 32.4 Å². The molecular weight excluding hydrogens is 244 g/mol. The average Bonchev–Trinajstić information content (AvgIpc) is 2.93. The first-order valence-electron chi connectivity index (χ1n) is 6.81. The van der Waals surface area contributed by atoms with Crippen molar-refractivity contribution < 1.29 is 14.3 Å². The number of aliphatic hydroxyl groups is 1. The van der Waals surface area contributed by atoms with Crippen LogP contribution in [0.25, 0.3) is 0 Å². The number of furan rings is 1. The van der Waals surface area contributed by atoms with Crippen molar-refractivity contribution in [1.29, 1.82) is 0 Å². The van der Waals surface area contributed by atoms with Gasteiger partial charge in [0.15, 0.2) is 0 Å². The highest BCUT2D eigenvalue weighted by Gasteiger charge is 2.14. The van der Waals surface area contributed by atoms with Crippen LogP contribution in [0.5, 0.6) is 0 Å². The Kier molecular flexibility index (Phi) is 7.22. The van der Waals surface area contributed by atoms with Crippen LogP contribution in [-0.2, 0) is 11.3 Å². The van der Waals surface area contributed by atoms with E-state index in [1.54, 1.807) is 12.3 Å². The molecule has 0 aromatic carbocycles. The second kappa shape index (κ2) is 8.72. The lowest BCUT2D eigenvalue weighted by atomic mass is 10.0. The lowest BCUT2D eigenvalue weighted by Gasteiger charge is -2.18. The number of hydrogen-bond donors (Lipinski definition) is 3. The van der Waals surface area contributed by atoms with Crippen molar-refractivity contribution >= 4 is 5.91 Å². The van der Waals surface area contributed by atoms with Crippen molar-refractivity contribution in [2.24, 2.45) is 5.92 Å². The monoisotopic (exact) mass is 268 g/mol. The van der Waals surface area contributed by atoms with Crippen LogP contribution in [0.15, 0.2) is 22.8 Å². The number of amides is 1. The Morgan fingerprint density at radius 1 is 1.53 bits per heavy atom. The second-order valence-electron chi connectivity index (χ2n) is 4.71. The third kappa shape index (κ3) is 5.89. The van der Waals surface area contributed by atoms with Crippen molar-refractivity contribution in [2.45, 2.75) is 39.3 Å². The Labute approximate surface area is 114 Å². The van der Waals surface area contributed by atoms with Crippen LogP contribution in [0, 0.1) is 5.92 Å². The molecule has 19 heavy (non-hydrogen) atoms. The molecule has 0 aliphatic carbocycles. The number of rotatable bonds is 9. The van der Waals surface area contributed by atoms with Crippen molar-refractivity contribution in [3.63, 3.8) is 0 Å². The lowest BCUT2D eigenvalue weighted by molar-refractivity contribution is -0.123. The molecule has 1 rings (SSSR count). The summed E-state index contributed by atoms with van der Waals surface area (Å²) in [6, 6.07) is 3.37. The van der Waals surface area contributed by atoms with Gasteiger partial charge in [-0.25, -0.2) is 0 Å². The number of carbonyl (C=O) groups is 1. The average molecular weight is 268 g/mol. The molecule has 0 radical (unpaired) electrons. The number of nitrogens with one attached hydrogen (secondary N) is 2. The quantitative estimate of drug-likeness (QED) is 0.631. The maximum Gasteiger partial charge on any atom is 0.237 e. The van der Waals surface area contributed by atoms with Crippen molar-refractivity contribution in [3.05, 3.63) is 24.2 Å². The fourth-order valence-electron chi connectivity index (χ4n) is 1.81. The summed E-state index contributed by atoms with van der Waals surface area (Å²) in [5.41, 5.74) is 0. The highest BCUT2D eigenvalue weighted by atomic mass is 16.3. The van der Waals surface area contributed by atoms with Gasteiger partial charge in [-0.3, -0.25) is 4.79 Å². The van der Waals surface area contributed by atoms with E-state index in [0.29, 0.717) is 12.5 Å². The van der Waals surface area contributed by atoms with E-state index in [9.17, 15) is 4.79 Å². The molecule has 2 unspecified atom stereocenters. The smallest absolute Gasteiger partial charge is 0.237 e. The van der Waals surface area contributed by atoms with Crippen molar-refractivity contribution in [1.82, 2.24) is 10.6 Å². The number of carbonyl (C=O) groups excluding carboxylic acids is 1. The molecule has 0 aliphatic rings. The van der Waals surface area contributed by atoms with Gasteiger partial charge in [-0.05, 0) is 37.9 Å². The van der Waals surface area contributed by atoms with Crippen LogP contribution < -0.4 is 10.6 Å². The Morgan fingerprint density at radius 3 is 2.89 bits per heavy atom. The van der Waals surface area contributed by atoms with E-state index < -0.39 is 0 Å². The van der Waals surface area contributed by atoms with Gasteiger partial charge in [-0.2, -0.15) is 0 Å². The van der Waals surface area contributed by atoms with E-state index >= 15 is 0 Å². The summed E-state index contributed by atoms with van der Waals surface area (Å²) in [6.45, 7) is 5.27. The zero-order chi connectivity index (χ0) is 14.1. The molecule has 0 aliphatic heterocycles. The van der Waals surface area contributed by atoms with Crippen molar-refractivity contribution in [2.75, 3.05) is 13.2 Å². The molecule has 5 nitrogen and oxygen atoms in total. The highest BCUT2D eigenvalue weighted by molar-refractivity contribution is 5.81. The van der Waals surface area contributed by atoms with Crippen LogP contribution in [0.4, 0.5) is 0 Å². The Balaban J connectivity index is 2.24. The molecule has 3 N–H and O–H groups in total. The molecule has 0 bridgehead atoms. The van der Waals surface area contributed by atoms with Gasteiger partial charge in [-0.1, -0.05) is 13.3 Å². The molecule has 1 aromatic heterocycles. The Bertz CT molecular complexity index is 352. The van der Waals surface area contributed by atoms with Crippen LogP contribution >= 0.6 is 0 Å². The van der Waals surface area contributed by atoms with Gasteiger partial charge in [0, 0.05) is 6.61 Å². The fourth-order valence-corrected chi connectivity index (χ4v) is 1.81. The molecule has 2 atom stereocenters. The first-order chi connectivity index (χ1) is 9.17. The summed E-state index contributed by atoms with van der Waals surface area (Å²) in [6.07, 6.45) is 3.35. The van der Waals surface area contributed by atoms with Crippen LogP contribution in [0.2, 0.25) is 0 Å². The standard InChI is InChI=1S/C14H24N2O3/c1-3-12(6-7-17)9-15-11(2)14(18)16-10-13-5-4-8-19-13/h4-5,8,11-12,15,17H,3,6-7,9-10H2,1-2H3,(H,16,18). The fraction of sp³-hybridized carbons (Fsp3) is 0.643. The highest BCUT2D eigenvalue weighted by Crippen LogP contribution is 2.06. The molecule has 0 saturated heterocycles. The minimum atomic E-state index is -0.247. The molecular formula is C14H24N2O3. The molecule has 5 heteroatoms. The van der Waals surface area contributed by atoms with Crippen LogP contribution in [0.3, 0.4) is 0 Å². The predicted molar refractivity (Wildman–Crippen MR) is 73.5 cm³/mol. The topological polar surface area (TPSA) is 74.5 Å². The summed E-state index contributed by atoms with van der Waals surface area (Å²) in [7, 11) is 0. The van der Waals surface area contributed by atoms with Gasteiger partial charge < -0.3 is 20.2 Å². The first-order valence-corrected chi connectivity index (χ1v) is 6.81. The van der Waals surface area contributed by atoms with E-state index in [2.05, 4.69) is 17.6 Å². The molecule has 108 valence electrons. The van der Waals surface area contributed by atoms with Gasteiger partial charge in [0.1, 0.15) is 5.76 Å². The second-order valence-corrected chi connectivity index (χ2v) is 4.71. The van der Waals surface area contributed by atoms with Gasteiger partial charge in [0.25, 0.3) is 0 Å². The van der Waals surface area contributed by atoms with Gasteiger partial charge in [0.05, 0.1) is 18.8 Å². The van der Waals surface area contributed by atoms with Gasteiger partial charge >= 0.3 is 0 Å². The number of hydrogen-bond acceptors (Lipinski definition) is 4. The Hall–Kier alpha value is -1.33. The lowest BCUT2D eigenvalue weighted by Crippen LogP contribution is -2.43. The normalized spacial score (nSPS) is 14.1. The van der Waals surface area contributed by atoms with Gasteiger partial charge in [-0.15, -0.1) is 0 Å². The molecule has 0 fully saturated rings. The summed E-state index contributed by atoms with van der Waals surface area (Å²) in [4.78, 5) is 11.8. The zero-order valence-corrected chi connectivity index (χ0v) is 11.7. The molecule has 1 heterocycles. The molecule has 0 spiro atoms.